The molecular formula is C24H30FN7O6S. The van der Waals surface area contributed by atoms with Gasteiger partial charge in [0.2, 0.25) is 17.7 Å². The number of amides is 5. The van der Waals surface area contributed by atoms with Gasteiger partial charge in [-0.05, 0) is 38.0 Å². The molecule has 0 bridgehead atoms. The first kappa shape index (κ1) is 29.4. The number of carbonyl (C=O) groups excluding carboxylic acids is 5. The standard InChI is InChI=1S/C24H30FN7O6S/c1-14-21(31-39-30-14)24(37)32-10-2-3-20(34)27-9-12-38-18-6-4-15(25)13-16(18)22(35)29-17(5-7-19(26)33)23(36)28-8-11-32/h4,6,13,17H,2-3,5,7-12H2,1H3,(H2,26,33)(H,27,34)(H,28,36)(H,29,35)/t17-/m0/s1. The first-order chi connectivity index (χ1) is 18.7. The highest BCUT2D eigenvalue weighted by molar-refractivity contribution is 6.99. The van der Waals surface area contributed by atoms with Crippen molar-refractivity contribution in [3.05, 3.63) is 41.0 Å². The molecule has 0 fully saturated rings. The number of aromatic nitrogens is 2. The number of fused-ring (bicyclic) bond motifs is 1. The number of carbonyl (C=O) groups is 5. The summed E-state index contributed by atoms with van der Waals surface area (Å²) < 4.78 is 27.6. The number of aryl methyl sites for hydroxylation is 1. The fourth-order valence-electron chi connectivity index (χ4n) is 3.79. The van der Waals surface area contributed by atoms with Gasteiger partial charge < -0.3 is 31.3 Å². The lowest BCUT2D eigenvalue weighted by Crippen LogP contribution is -2.49. The molecule has 0 saturated carbocycles. The van der Waals surface area contributed by atoms with Crippen LogP contribution in [0.2, 0.25) is 0 Å². The van der Waals surface area contributed by atoms with Crippen LogP contribution in [0.25, 0.3) is 0 Å². The van der Waals surface area contributed by atoms with E-state index in [2.05, 4.69) is 24.7 Å². The van der Waals surface area contributed by atoms with Gasteiger partial charge in [-0.25, -0.2) is 4.39 Å². The Morgan fingerprint density at radius 3 is 2.69 bits per heavy atom. The summed E-state index contributed by atoms with van der Waals surface area (Å²) >= 11 is 0.905. The van der Waals surface area contributed by atoms with Crippen molar-refractivity contribution in [1.29, 1.82) is 0 Å². The molecule has 13 nitrogen and oxygen atoms in total. The van der Waals surface area contributed by atoms with E-state index in [0.717, 1.165) is 23.9 Å². The maximum absolute atomic E-state index is 14.0. The van der Waals surface area contributed by atoms with Crippen LogP contribution in [0, 0.1) is 12.7 Å². The van der Waals surface area contributed by atoms with Gasteiger partial charge in [-0.15, -0.1) is 0 Å². The van der Waals surface area contributed by atoms with Gasteiger partial charge in [0.05, 0.1) is 29.5 Å². The zero-order valence-corrected chi connectivity index (χ0v) is 22.1. The van der Waals surface area contributed by atoms with E-state index in [4.69, 9.17) is 10.5 Å². The van der Waals surface area contributed by atoms with Crippen molar-refractivity contribution in [2.45, 2.75) is 38.6 Å². The van der Waals surface area contributed by atoms with Crippen LogP contribution in [0.1, 0.15) is 52.2 Å². The van der Waals surface area contributed by atoms with Crippen molar-refractivity contribution in [3.63, 3.8) is 0 Å². The molecule has 0 unspecified atom stereocenters. The third-order valence-electron chi connectivity index (χ3n) is 5.82. The van der Waals surface area contributed by atoms with E-state index < -0.39 is 35.5 Å². The average Bonchev–Trinajstić information content (AvgIpc) is 3.33. The zero-order valence-electron chi connectivity index (χ0n) is 21.3. The second kappa shape index (κ2) is 14.1. The normalized spacial score (nSPS) is 17.9. The molecule has 0 saturated heterocycles. The summed E-state index contributed by atoms with van der Waals surface area (Å²) in [6.07, 6.45) is 0.189. The number of hydrogen-bond acceptors (Lipinski definition) is 9. The van der Waals surface area contributed by atoms with Gasteiger partial charge in [-0.2, -0.15) is 8.75 Å². The largest absolute Gasteiger partial charge is 0.491 e. The van der Waals surface area contributed by atoms with E-state index in [1.54, 1.807) is 6.92 Å². The SMILES string of the molecule is Cc1nsnc1C(=O)N1CCCC(=O)NCCOc2ccc(F)cc2C(=O)N[C@@H](CCC(N)=O)C(=O)NCC1. The number of halogens is 1. The van der Waals surface area contributed by atoms with Crippen molar-refractivity contribution in [2.75, 3.05) is 32.8 Å². The molecule has 5 N–H and O–H groups in total. The lowest BCUT2D eigenvalue weighted by molar-refractivity contribution is -0.123. The molecule has 1 aromatic carbocycles. The number of hydrogen-bond donors (Lipinski definition) is 4. The highest BCUT2D eigenvalue weighted by Crippen LogP contribution is 2.20. The predicted molar refractivity (Wildman–Crippen MR) is 137 cm³/mol. The Hall–Kier alpha value is -4.14. The van der Waals surface area contributed by atoms with Gasteiger partial charge in [0.25, 0.3) is 11.8 Å². The van der Waals surface area contributed by atoms with Gasteiger partial charge in [-0.3, -0.25) is 24.0 Å². The molecule has 0 radical (unpaired) electrons. The second-order valence-corrected chi connectivity index (χ2v) is 9.28. The summed E-state index contributed by atoms with van der Waals surface area (Å²) in [5.74, 6) is -3.39. The predicted octanol–water partition coefficient (Wildman–Crippen LogP) is -0.103. The minimum absolute atomic E-state index is 0.00461. The molecule has 0 aliphatic carbocycles. The summed E-state index contributed by atoms with van der Waals surface area (Å²) in [5, 5.41) is 7.86. The smallest absolute Gasteiger partial charge is 0.275 e. The topological polar surface area (TPSA) is 186 Å². The van der Waals surface area contributed by atoms with Crippen molar-refractivity contribution in [2.24, 2.45) is 5.73 Å². The van der Waals surface area contributed by atoms with Crippen molar-refractivity contribution in [1.82, 2.24) is 29.6 Å². The van der Waals surface area contributed by atoms with Crippen molar-refractivity contribution in [3.8, 4) is 5.75 Å². The van der Waals surface area contributed by atoms with Crippen LogP contribution < -0.4 is 26.4 Å². The summed E-state index contributed by atoms with van der Waals surface area (Å²) in [5.41, 5.74) is 5.73. The fraction of sp³-hybridized carbons (Fsp3) is 0.458. The maximum atomic E-state index is 14.0. The number of rotatable bonds is 4. The number of primary amides is 1. The number of nitrogens with one attached hydrogen (secondary N) is 3. The molecular weight excluding hydrogens is 533 g/mol. The van der Waals surface area contributed by atoms with Crippen LogP contribution in [0.3, 0.4) is 0 Å². The monoisotopic (exact) mass is 563 g/mol. The Bertz CT molecular complexity index is 1220. The van der Waals surface area contributed by atoms with Crippen molar-refractivity contribution >= 4 is 41.3 Å². The maximum Gasteiger partial charge on any atom is 0.275 e. The highest BCUT2D eigenvalue weighted by Gasteiger charge is 2.26. The minimum Gasteiger partial charge on any atom is -0.491 e. The molecule has 5 amide bonds. The molecule has 1 atom stereocenters. The van der Waals surface area contributed by atoms with E-state index in [1.807, 2.05) is 0 Å². The summed E-state index contributed by atoms with van der Waals surface area (Å²) in [7, 11) is 0. The number of ether oxygens (including phenoxy) is 1. The second-order valence-electron chi connectivity index (χ2n) is 8.75. The Kier molecular flexibility index (Phi) is 10.7. The lowest BCUT2D eigenvalue weighted by atomic mass is 10.1. The Labute approximate surface area is 228 Å². The molecule has 39 heavy (non-hydrogen) atoms. The van der Waals surface area contributed by atoms with Crippen LogP contribution in [-0.2, 0) is 14.4 Å². The number of nitrogens with two attached hydrogens (primary N) is 1. The van der Waals surface area contributed by atoms with Crippen LogP contribution >= 0.6 is 11.7 Å². The lowest BCUT2D eigenvalue weighted by Gasteiger charge is -2.24. The first-order valence-corrected chi connectivity index (χ1v) is 13.0. The van der Waals surface area contributed by atoms with E-state index in [0.29, 0.717) is 12.1 Å². The third kappa shape index (κ3) is 8.70. The van der Waals surface area contributed by atoms with E-state index >= 15 is 0 Å². The van der Waals surface area contributed by atoms with Crippen LogP contribution in [-0.4, -0.2) is 82.0 Å². The third-order valence-corrected chi connectivity index (χ3v) is 6.44. The Balaban J connectivity index is 1.82. The minimum atomic E-state index is -1.17. The summed E-state index contributed by atoms with van der Waals surface area (Å²) in [4.78, 5) is 64.2. The van der Waals surface area contributed by atoms with E-state index in [-0.39, 0.29) is 75.0 Å². The molecule has 2 aromatic rings. The zero-order chi connectivity index (χ0) is 28.4. The molecule has 3 rings (SSSR count). The van der Waals surface area contributed by atoms with Gasteiger partial charge >= 0.3 is 0 Å². The highest BCUT2D eigenvalue weighted by atomic mass is 32.1. The van der Waals surface area contributed by atoms with Crippen LogP contribution in [0.15, 0.2) is 18.2 Å². The van der Waals surface area contributed by atoms with Crippen LogP contribution in [0.4, 0.5) is 4.39 Å². The van der Waals surface area contributed by atoms with Gasteiger partial charge in [0.15, 0.2) is 5.69 Å². The fourth-order valence-corrected chi connectivity index (χ4v) is 4.34. The molecule has 0 spiro atoms. The summed E-state index contributed by atoms with van der Waals surface area (Å²) in [6.45, 7) is 2.08. The van der Waals surface area contributed by atoms with Gasteiger partial charge in [-0.1, -0.05) is 0 Å². The first-order valence-electron chi connectivity index (χ1n) is 12.3. The number of benzene rings is 1. The van der Waals surface area contributed by atoms with Crippen molar-refractivity contribution < 1.29 is 33.1 Å². The molecule has 210 valence electrons. The van der Waals surface area contributed by atoms with Gasteiger partial charge in [0.1, 0.15) is 24.2 Å². The average molecular weight is 564 g/mol. The molecule has 1 aliphatic rings. The van der Waals surface area contributed by atoms with E-state index in [1.165, 1.54) is 11.0 Å². The Morgan fingerprint density at radius 1 is 1.18 bits per heavy atom. The molecule has 1 aliphatic heterocycles. The molecule has 1 aromatic heterocycles. The summed E-state index contributed by atoms with van der Waals surface area (Å²) in [6, 6.07) is 2.18. The van der Waals surface area contributed by atoms with Gasteiger partial charge in [0, 0.05) is 32.5 Å². The molecule has 15 heteroatoms. The van der Waals surface area contributed by atoms with E-state index in [9.17, 15) is 28.4 Å². The quantitative estimate of drug-likeness (QED) is 0.397. The van der Waals surface area contributed by atoms with Crippen LogP contribution in [0.5, 0.6) is 5.75 Å². The molecule has 2 heterocycles. The Morgan fingerprint density at radius 2 is 1.97 bits per heavy atom. The number of nitrogens with zero attached hydrogens (tertiary/aromatic N) is 3.